The second-order valence-corrected chi connectivity index (χ2v) is 5.79. The van der Waals surface area contributed by atoms with E-state index in [-0.39, 0.29) is 39.2 Å². The molecule has 2 heterocycles. The Labute approximate surface area is 163 Å². The lowest BCUT2D eigenvalue weighted by molar-refractivity contribution is 0.0963. The van der Waals surface area contributed by atoms with Crippen molar-refractivity contribution in [3.8, 4) is 17.1 Å². The number of nitrogens with one attached hydrogen (secondary N) is 2. The predicted molar refractivity (Wildman–Crippen MR) is 98.9 cm³/mol. The van der Waals surface area contributed by atoms with Crippen molar-refractivity contribution >= 4 is 28.9 Å². The summed E-state index contributed by atoms with van der Waals surface area (Å²) in [5, 5.41) is 8.92. The van der Waals surface area contributed by atoms with E-state index in [4.69, 9.17) is 20.5 Å². The lowest BCUT2D eigenvalue weighted by Gasteiger charge is -2.16. The van der Waals surface area contributed by atoms with Gasteiger partial charge in [0.05, 0.1) is 29.6 Å². The number of ether oxygens (including phenoxy) is 1. The first kappa shape index (κ1) is 14.9. The van der Waals surface area contributed by atoms with Crippen LogP contribution < -0.4 is 15.4 Å². The Kier molecular flexibility index (Phi) is 4.19. The van der Waals surface area contributed by atoms with Gasteiger partial charge in [-0.3, -0.25) is 9.48 Å². The third kappa shape index (κ3) is 3.82. The number of methoxy groups -OCH3 is 1. The Morgan fingerprint density at radius 1 is 1.33 bits per heavy atom. The Balaban J connectivity index is 2.07. The van der Waals surface area contributed by atoms with Crippen LogP contribution >= 0.6 is 11.6 Å². The van der Waals surface area contributed by atoms with Gasteiger partial charge in [-0.05, 0) is 12.1 Å². The number of benzene rings is 1. The number of amides is 1. The summed E-state index contributed by atoms with van der Waals surface area (Å²) in [5.41, 5.74) is 0.402. The highest BCUT2D eigenvalue weighted by atomic mass is 35.5. The summed E-state index contributed by atoms with van der Waals surface area (Å²) in [6, 6.07) is 3.66. The van der Waals surface area contributed by atoms with E-state index in [0.717, 1.165) is 12.3 Å². The molecule has 0 saturated carbocycles. The molecular formula is C17H16ClFN6O2. The summed E-state index contributed by atoms with van der Waals surface area (Å²) in [7, 11) is 3.04. The molecule has 0 atom stereocenters. The summed E-state index contributed by atoms with van der Waals surface area (Å²) in [4.78, 5) is 20.3. The molecule has 8 nitrogen and oxygen atoms in total. The van der Waals surface area contributed by atoms with Gasteiger partial charge in [0.1, 0.15) is 17.3 Å². The molecule has 3 rings (SSSR count). The van der Waals surface area contributed by atoms with E-state index in [1.807, 2.05) is 5.32 Å². The number of halogens is 2. The third-order valence-electron chi connectivity index (χ3n) is 3.60. The highest BCUT2D eigenvalue weighted by Gasteiger charge is 2.19. The fourth-order valence-electron chi connectivity index (χ4n) is 2.46. The van der Waals surface area contributed by atoms with Gasteiger partial charge >= 0.3 is 0 Å². The number of pyridine rings is 1. The number of anilines is 2. The van der Waals surface area contributed by atoms with Crippen molar-refractivity contribution < 1.29 is 18.0 Å². The number of aromatic nitrogens is 4. The first-order chi connectivity index (χ1) is 14.1. The molecular weight excluding hydrogens is 375 g/mol. The zero-order valence-corrected chi connectivity index (χ0v) is 15.0. The standard InChI is InChI=1S/C17H16ClFN6O2/c1-20-17(26)11-7-21-14(18)6-12(11)23-13-5-9(19)4-10(15(13)27-3)16-22-8-25(2)24-16/h4-8H,1-3H3,(H,20,26)(H,21,23)/i1D3. The molecule has 2 aromatic heterocycles. The first-order valence-electron chi connectivity index (χ1n) is 9.06. The van der Waals surface area contributed by atoms with Crippen LogP contribution in [0, 0.1) is 5.82 Å². The summed E-state index contributed by atoms with van der Waals surface area (Å²) >= 11 is 5.93. The minimum absolute atomic E-state index is 0.0323. The van der Waals surface area contributed by atoms with Gasteiger partial charge in [0, 0.05) is 30.4 Å². The van der Waals surface area contributed by atoms with Gasteiger partial charge in [-0.25, -0.2) is 14.4 Å². The number of rotatable bonds is 5. The minimum atomic E-state index is -2.71. The first-order valence-corrected chi connectivity index (χ1v) is 7.94. The molecule has 0 aliphatic rings. The van der Waals surface area contributed by atoms with Gasteiger partial charge in [0.15, 0.2) is 11.6 Å². The van der Waals surface area contributed by atoms with Crippen LogP contribution in [0.5, 0.6) is 5.75 Å². The molecule has 0 fully saturated rings. The molecule has 0 spiro atoms. The summed E-state index contributed by atoms with van der Waals surface area (Å²) in [6.45, 7) is -2.71. The van der Waals surface area contributed by atoms with E-state index in [2.05, 4.69) is 20.4 Å². The van der Waals surface area contributed by atoms with Gasteiger partial charge in [0.25, 0.3) is 5.91 Å². The van der Waals surface area contributed by atoms with Crippen molar-refractivity contribution in [2.24, 2.45) is 7.05 Å². The van der Waals surface area contributed by atoms with Crippen molar-refractivity contribution in [2.45, 2.75) is 0 Å². The fraction of sp³-hybridized carbons (Fsp3) is 0.176. The van der Waals surface area contributed by atoms with E-state index in [9.17, 15) is 9.18 Å². The Morgan fingerprint density at radius 3 is 2.81 bits per heavy atom. The molecule has 27 heavy (non-hydrogen) atoms. The van der Waals surface area contributed by atoms with Crippen LogP contribution in [0.25, 0.3) is 11.4 Å². The molecule has 0 bridgehead atoms. The zero-order valence-electron chi connectivity index (χ0n) is 17.2. The lowest BCUT2D eigenvalue weighted by Crippen LogP contribution is -2.19. The van der Waals surface area contributed by atoms with E-state index in [1.54, 1.807) is 7.05 Å². The molecule has 140 valence electrons. The smallest absolute Gasteiger partial charge is 0.254 e. The van der Waals surface area contributed by atoms with Crippen LogP contribution in [-0.2, 0) is 7.05 Å². The average molecular weight is 394 g/mol. The predicted octanol–water partition coefficient (Wildman–Crippen LogP) is 2.78. The van der Waals surface area contributed by atoms with Gasteiger partial charge in [-0.1, -0.05) is 11.6 Å². The summed E-state index contributed by atoms with van der Waals surface area (Å²) in [5.74, 6) is -1.10. The molecule has 1 amide bonds. The Morgan fingerprint density at radius 2 is 2.15 bits per heavy atom. The van der Waals surface area contributed by atoms with Crippen molar-refractivity contribution in [1.82, 2.24) is 25.1 Å². The largest absolute Gasteiger partial charge is 0.494 e. The highest BCUT2D eigenvalue weighted by molar-refractivity contribution is 6.29. The van der Waals surface area contributed by atoms with Crippen molar-refractivity contribution in [1.29, 1.82) is 0 Å². The van der Waals surface area contributed by atoms with E-state index in [0.29, 0.717) is 0 Å². The second-order valence-electron chi connectivity index (χ2n) is 5.41. The highest BCUT2D eigenvalue weighted by Crippen LogP contribution is 2.38. The van der Waals surface area contributed by atoms with Gasteiger partial charge in [-0.15, -0.1) is 0 Å². The zero-order chi connectivity index (χ0) is 22.1. The number of hydrogen-bond acceptors (Lipinski definition) is 6. The third-order valence-corrected chi connectivity index (χ3v) is 3.80. The van der Waals surface area contributed by atoms with Crippen molar-refractivity contribution in [3.05, 3.63) is 47.3 Å². The molecule has 0 saturated heterocycles. The Bertz CT molecular complexity index is 1110. The number of hydrogen-bond donors (Lipinski definition) is 2. The van der Waals surface area contributed by atoms with E-state index >= 15 is 0 Å². The number of carbonyl (C=O) groups excluding carboxylic acids is 1. The van der Waals surface area contributed by atoms with Crippen LogP contribution in [0.3, 0.4) is 0 Å². The average Bonchev–Trinajstić information content (AvgIpc) is 3.06. The number of carbonyl (C=O) groups is 1. The minimum Gasteiger partial charge on any atom is -0.494 e. The number of nitrogens with zero attached hydrogens (tertiary/aromatic N) is 4. The maximum Gasteiger partial charge on any atom is 0.254 e. The van der Waals surface area contributed by atoms with E-state index in [1.165, 1.54) is 30.3 Å². The van der Waals surface area contributed by atoms with Gasteiger partial charge in [0.2, 0.25) is 0 Å². The van der Waals surface area contributed by atoms with Crippen LogP contribution in [0.1, 0.15) is 14.5 Å². The molecule has 10 heteroatoms. The summed E-state index contributed by atoms with van der Waals surface area (Å²) in [6.07, 6.45) is 2.56. The molecule has 0 aliphatic carbocycles. The van der Waals surface area contributed by atoms with Gasteiger partial charge < -0.3 is 15.4 Å². The van der Waals surface area contributed by atoms with Crippen LogP contribution in [0.2, 0.25) is 5.15 Å². The van der Waals surface area contributed by atoms with Crippen LogP contribution in [0.4, 0.5) is 15.8 Å². The number of aryl methyl sites for hydroxylation is 1. The van der Waals surface area contributed by atoms with Crippen molar-refractivity contribution in [3.63, 3.8) is 0 Å². The molecule has 2 N–H and O–H groups in total. The second kappa shape index (κ2) is 7.58. The van der Waals surface area contributed by atoms with E-state index < -0.39 is 18.7 Å². The quantitative estimate of drug-likeness (QED) is 0.647. The molecule has 1 aromatic carbocycles. The Hall–Kier alpha value is -3.20. The fourth-order valence-corrected chi connectivity index (χ4v) is 2.62. The lowest BCUT2D eigenvalue weighted by atomic mass is 10.1. The topological polar surface area (TPSA) is 94.0 Å². The molecule has 3 aromatic rings. The monoisotopic (exact) mass is 393 g/mol. The maximum absolute atomic E-state index is 14.4. The van der Waals surface area contributed by atoms with Gasteiger partial charge in [-0.2, -0.15) is 5.10 Å². The summed E-state index contributed by atoms with van der Waals surface area (Å²) < 4.78 is 42.9. The molecule has 0 radical (unpaired) electrons. The van der Waals surface area contributed by atoms with Crippen LogP contribution in [0.15, 0.2) is 30.7 Å². The SMILES string of the molecule is [2H]C([2H])([2H])NC(=O)c1cnc(Cl)cc1Nc1cc(F)cc(-c2ncn(C)n2)c1OC. The van der Waals surface area contributed by atoms with Crippen LogP contribution in [-0.4, -0.2) is 39.7 Å². The maximum atomic E-state index is 14.4. The molecule has 0 aliphatic heterocycles. The molecule has 0 unspecified atom stereocenters. The normalized spacial score (nSPS) is 12.7. The van der Waals surface area contributed by atoms with Crippen molar-refractivity contribution in [2.75, 3.05) is 19.4 Å².